The molecule has 1 N–H and O–H groups in total. The second kappa shape index (κ2) is 7.65. The molecule has 27 heavy (non-hydrogen) atoms. The maximum atomic E-state index is 13.0. The largest absolute Gasteiger partial charge is 0.480 e. The molecular formula is C23H25NO3. The number of Topliss-reactive ketones (excluding diaryl/α,β-unsaturated/α-hetero) is 1. The normalized spacial score (nSPS) is 28.5. The number of likely N-dealkylation sites (tertiary alicyclic amines) is 1. The molecule has 140 valence electrons. The van der Waals surface area contributed by atoms with Crippen LogP contribution in [-0.4, -0.2) is 33.8 Å². The van der Waals surface area contributed by atoms with Crippen molar-refractivity contribution in [3.05, 3.63) is 71.8 Å². The number of fused-ring (bicyclic) bond motifs is 1. The Morgan fingerprint density at radius 1 is 0.963 bits per heavy atom. The first-order chi connectivity index (χ1) is 13.2. The summed E-state index contributed by atoms with van der Waals surface area (Å²) >= 11 is 0. The predicted molar refractivity (Wildman–Crippen MR) is 103 cm³/mol. The lowest BCUT2D eigenvalue weighted by atomic mass is 9.79. The minimum Gasteiger partial charge on any atom is -0.480 e. The summed E-state index contributed by atoms with van der Waals surface area (Å²) in [5, 5.41) is 10.1. The van der Waals surface area contributed by atoms with Gasteiger partial charge in [0.05, 0.1) is 0 Å². The lowest BCUT2D eigenvalue weighted by Gasteiger charge is -2.29. The van der Waals surface area contributed by atoms with Gasteiger partial charge >= 0.3 is 5.97 Å². The van der Waals surface area contributed by atoms with Gasteiger partial charge in [-0.15, -0.1) is 0 Å². The topological polar surface area (TPSA) is 57.6 Å². The van der Waals surface area contributed by atoms with Gasteiger partial charge < -0.3 is 5.11 Å². The summed E-state index contributed by atoms with van der Waals surface area (Å²) in [4.78, 5) is 27.5. The van der Waals surface area contributed by atoms with E-state index in [0.29, 0.717) is 13.0 Å². The molecule has 0 bridgehead atoms. The molecule has 4 rings (SSSR count). The molecule has 0 aromatic heterocycles. The van der Waals surface area contributed by atoms with Gasteiger partial charge in [-0.25, -0.2) is 0 Å². The SMILES string of the molecule is O=C1CCCC[C@@H]2[C@@H]1[C@H](c1ccccc1)[C@@H](C(=O)O)N2Cc1ccccc1. The van der Waals surface area contributed by atoms with Crippen molar-refractivity contribution in [2.45, 2.75) is 50.2 Å². The minimum atomic E-state index is -0.833. The molecule has 2 fully saturated rings. The summed E-state index contributed by atoms with van der Waals surface area (Å²) in [5.74, 6) is -1.13. The van der Waals surface area contributed by atoms with Crippen LogP contribution in [0.5, 0.6) is 0 Å². The fourth-order valence-corrected chi connectivity index (χ4v) is 5.00. The molecule has 1 saturated heterocycles. The van der Waals surface area contributed by atoms with Crippen LogP contribution >= 0.6 is 0 Å². The Kier molecular flexibility index (Phi) is 5.08. The van der Waals surface area contributed by atoms with Crippen molar-refractivity contribution in [3.63, 3.8) is 0 Å². The first-order valence-corrected chi connectivity index (χ1v) is 9.77. The third kappa shape index (κ3) is 3.42. The van der Waals surface area contributed by atoms with Crippen LogP contribution < -0.4 is 0 Å². The van der Waals surface area contributed by atoms with Gasteiger partial charge in [-0.05, 0) is 24.0 Å². The van der Waals surface area contributed by atoms with Crippen LogP contribution in [0.25, 0.3) is 0 Å². The molecule has 4 atom stereocenters. The van der Waals surface area contributed by atoms with Gasteiger partial charge in [-0.2, -0.15) is 0 Å². The fourth-order valence-electron chi connectivity index (χ4n) is 5.00. The van der Waals surface area contributed by atoms with E-state index >= 15 is 0 Å². The standard InChI is InChI=1S/C23H25NO3/c25-19-14-8-7-13-18-21(19)20(17-11-5-2-6-12-17)22(23(26)27)24(18)15-16-9-3-1-4-10-16/h1-6,9-12,18,20-22H,7-8,13-15H2,(H,26,27)/t18-,20+,21+,22+/m1/s1. The minimum absolute atomic E-state index is 0.00786. The Hall–Kier alpha value is -2.46. The van der Waals surface area contributed by atoms with Crippen molar-refractivity contribution in [1.82, 2.24) is 4.90 Å². The van der Waals surface area contributed by atoms with Gasteiger partial charge in [0.25, 0.3) is 0 Å². The van der Waals surface area contributed by atoms with E-state index in [9.17, 15) is 14.7 Å². The van der Waals surface area contributed by atoms with Gasteiger partial charge in [-0.3, -0.25) is 14.5 Å². The molecule has 2 aromatic rings. The maximum Gasteiger partial charge on any atom is 0.321 e. The number of carbonyl (C=O) groups is 2. The van der Waals surface area contributed by atoms with E-state index in [0.717, 1.165) is 30.4 Å². The first-order valence-electron chi connectivity index (χ1n) is 9.77. The number of benzene rings is 2. The zero-order valence-corrected chi connectivity index (χ0v) is 15.3. The van der Waals surface area contributed by atoms with E-state index in [-0.39, 0.29) is 23.7 Å². The molecule has 4 nitrogen and oxygen atoms in total. The van der Waals surface area contributed by atoms with Crippen molar-refractivity contribution >= 4 is 11.8 Å². The third-order valence-corrected chi connectivity index (χ3v) is 6.12. The van der Waals surface area contributed by atoms with Crippen LogP contribution in [0.15, 0.2) is 60.7 Å². The maximum absolute atomic E-state index is 13.0. The Labute approximate surface area is 159 Å². The van der Waals surface area contributed by atoms with Gasteiger partial charge in [0.1, 0.15) is 11.8 Å². The van der Waals surface area contributed by atoms with E-state index in [1.807, 2.05) is 60.7 Å². The molecule has 0 radical (unpaired) electrons. The van der Waals surface area contributed by atoms with Crippen LogP contribution in [0.3, 0.4) is 0 Å². The second-order valence-corrected chi connectivity index (χ2v) is 7.68. The highest BCUT2D eigenvalue weighted by Gasteiger charge is 2.54. The summed E-state index contributed by atoms with van der Waals surface area (Å²) in [7, 11) is 0. The monoisotopic (exact) mass is 363 g/mol. The highest BCUT2D eigenvalue weighted by atomic mass is 16.4. The van der Waals surface area contributed by atoms with Crippen molar-refractivity contribution in [3.8, 4) is 0 Å². The van der Waals surface area contributed by atoms with Crippen LogP contribution in [0.2, 0.25) is 0 Å². The number of carboxylic acids is 1. The van der Waals surface area contributed by atoms with Gasteiger partial charge in [0.2, 0.25) is 0 Å². The van der Waals surface area contributed by atoms with Gasteiger partial charge in [-0.1, -0.05) is 67.1 Å². The van der Waals surface area contributed by atoms with Crippen LogP contribution in [-0.2, 0) is 16.1 Å². The molecular weight excluding hydrogens is 338 g/mol. The number of ketones is 1. The number of hydrogen-bond donors (Lipinski definition) is 1. The van der Waals surface area contributed by atoms with Crippen molar-refractivity contribution in [1.29, 1.82) is 0 Å². The summed E-state index contributed by atoms with van der Waals surface area (Å²) in [5.41, 5.74) is 2.05. The smallest absolute Gasteiger partial charge is 0.321 e. The molecule has 2 aliphatic rings. The van der Waals surface area contributed by atoms with E-state index in [1.54, 1.807) is 0 Å². The number of hydrogen-bond acceptors (Lipinski definition) is 3. The molecule has 0 unspecified atom stereocenters. The van der Waals surface area contributed by atoms with Crippen molar-refractivity contribution < 1.29 is 14.7 Å². The van der Waals surface area contributed by atoms with Crippen molar-refractivity contribution in [2.24, 2.45) is 5.92 Å². The van der Waals surface area contributed by atoms with E-state index in [1.165, 1.54) is 0 Å². The van der Waals surface area contributed by atoms with E-state index in [4.69, 9.17) is 0 Å². The number of carboxylic acid groups (broad SMARTS) is 1. The lowest BCUT2D eigenvalue weighted by molar-refractivity contribution is -0.143. The summed E-state index contributed by atoms with van der Waals surface area (Å²) in [6, 6.07) is 19.0. The van der Waals surface area contributed by atoms with Crippen LogP contribution in [0.1, 0.15) is 42.7 Å². The molecule has 1 aliphatic heterocycles. The third-order valence-electron chi connectivity index (χ3n) is 6.12. The van der Waals surface area contributed by atoms with Crippen LogP contribution in [0, 0.1) is 5.92 Å². The molecule has 0 amide bonds. The molecule has 1 saturated carbocycles. The Bertz CT molecular complexity index is 805. The average molecular weight is 363 g/mol. The molecule has 1 aliphatic carbocycles. The van der Waals surface area contributed by atoms with Crippen molar-refractivity contribution in [2.75, 3.05) is 0 Å². The summed E-state index contributed by atoms with van der Waals surface area (Å²) in [6.07, 6.45) is 3.34. The number of aliphatic carboxylic acids is 1. The Morgan fingerprint density at radius 3 is 2.30 bits per heavy atom. The molecule has 4 heteroatoms. The van der Waals surface area contributed by atoms with E-state index in [2.05, 4.69) is 4.90 Å². The summed E-state index contributed by atoms with van der Waals surface area (Å²) in [6.45, 7) is 0.565. The van der Waals surface area contributed by atoms with Crippen LogP contribution in [0.4, 0.5) is 0 Å². The number of rotatable bonds is 4. The van der Waals surface area contributed by atoms with E-state index < -0.39 is 12.0 Å². The average Bonchev–Trinajstić information content (AvgIpc) is 2.88. The first kappa shape index (κ1) is 17.9. The number of nitrogens with zero attached hydrogens (tertiary/aromatic N) is 1. The van der Waals surface area contributed by atoms with Gasteiger partial charge in [0, 0.05) is 30.8 Å². The zero-order valence-electron chi connectivity index (χ0n) is 15.3. The highest BCUT2D eigenvalue weighted by molar-refractivity contribution is 5.86. The molecule has 2 aromatic carbocycles. The summed E-state index contributed by atoms with van der Waals surface area (Å²) < 4.78 is 0. The fraction of sp³-hybridized carbons (Fsp3) is 0.391. The lowest BCUT2D eigenvalue weighted by Crippen LogP contribution is -2.42. The Morgan fingerprint density at radius 2 is 1.63 bits per heavy atom. The zero-order chi connectivity index (χ0) is 18.8. The Balaban J connectivity index is 1.79. The molecule has 0 spiro atoms. The number of carbonyl (C=O) groups excluding carboxylic acids is 1. The quantitative estimate of drug-likeness (QED) is 0.896. The highest BCUT2D eigenvalue weighted by Crippen LogP contribution is 2.47. The second-order valence-electron chi connectivity index (χ2n) is 7.68. The van der Waals surface area contributed by atoms with Gasteiger partial charge in [0.15, 0.2) is 0 Å². The molecule has 1 heterocycles. The predicted octanol–water partition coefficient (Wildman–Crippen LogP) is 3.87.